The fourth-order valence-corrected chi connectivity index (χ4v) is 2.93. The molecule has 14 heavy (non-hydrogen) atoms. The predicted molar refractivity (Wildman–Crippen MR) is 59.5 cm³/mol. The lowest BCUT2D eigenvalue weighted by Crippen LogP contribution is -1.91. The molecule has 1 aromatic rings. The van der Waals surface area contributed by atoms with Crippen molar-refractivity contribution in [1.29, 1.82) is 0 Å². The molecule has 76 valence electrons. The van der Waals surface area contributed by atoms with Gasteiger partial charge in [0.1, 0.15) is 0 Å². The highest BCUT2D eigenvalue weighted by atomic mass is 33.1. The van der Waals surface area contributed by atoms with Crippen molar-refractivity contribution in [3.05, 3.63) is 28.4 Å². The molecule has 0 atom stereocenters. The van der Waals surface area contributed by atoms with Crippen LogP contribution in [0.5, 0.6) is 0 Å². The molecule has 0 spiro atoms. The molecule has 0 aliphatic rings. The maximum atomic E-state index is 10.6. The molecule has 0 unspecified atom stereocenters. The van der Waals surface area contributed by atoms with Crippen LogP contribution in [-0.4, -0.2) is 15.7 Å². The lowest BCUT2D eigenvalue weighted by atomic mass is 10.4. The molecular weight excluding hydrogens is 220 g/mol. The third-order valence-corrected chi connectivity index (χ3v) is 3.87. The Morgan fingerprint density at radius 3 is 3.07 bits per heavy atom. The van der Waals surface area contributed by atoms with Gasteiger partial charge in [0.25, 0.3) is 0 Å². The van der Waals surface area contributed by atoms with E-state index in [1.54, 1.807) is 23.1 Å². The van der Waals surface area contributed by atoms with Gasteiger partial charge in [-0.2, -0.15) is 0 Å². The SMILES string of the molecule is CCCSSc1ncccc1[N+](=O)[O-]. The molecule has 0 fully saturated rings. The molecule has 0 aliphatic heterocycles. The Labute approximate surface area is 90.0 Å². The molecular formula is C8H10N2O2S2. The van der Waals surface area contributed by atoms with Crippen molar-refractivity contribution in [1.82, 2.24) is 4.98 Å². The van der Waals surface area contributed by atoms with Crippen LogP contribution in [0.3, 0.4) is 0 Å². The van der Waals surface area contributed by atoms with E-state index >= 15 is 0 Å². The second kappa shape index (κ2) is 5.87. The number of rotatable bonds is 5. The van der Waals surface area contributed by atoms with Crippen LogP contribution in [0.1, 0.15) is 13.3 Å². The first-order valence-electron chi connectivity index (χ1n) is 4.14. The van der Waals surface area contributed by atoms with Gasteiger partial charge in [-0.05, 0) is 23.3 Å². The lowest BCUT2D eigenvalue weighted by molar-refractivity contribution is -0.388. The third-order valence-electron chi connectivity index (χ3n) is 1.37. The zero-order valence-corrected chi connectivity index (χ0v) is 9.31. The van der Waals surface area contributed by atoms with Gasteiger partial charge < -0.3 is 0 Å². The van der Waals surface area contributed by atoms with Gasteiger partial charge in [-0.25, -0.2) is 4.98 Å². The highest BCUT2D eigenvalue weighted by Crippen LogP contribution is 2.35. The van der Waals surface area contributed by atoms with Gasteiger partial charge in [0.15, 0.2) is 5.03 Å². The van der Waals surface area contributed by atoms with Crippen molar-refractivity contribution in [2.75, 3.05) is 5.75 Å². The summed E-state index contributed by atoms with van der Waals surface area (Å²) in [7, 11) is 2.95. The summed E-state index contributed by atoms with van der Waals surface area (Å²) in [5, 5.41) is 11.1. The molecule has 0 amide bonds. The largest absolute Gasteiger partial charge is 0.302 e. The van der Waals surface area contributed by atoms with E-state index in [1.807, 2.05) is 0 Å². The molecule has 0 saturated carbocycles. The van der Waals surface area contributed by atoms with E-state index in [2.05, 4.69) is 11.9 Å². The van der Waals surface area contributed by atoms with Gasteiger partial charge in [-0.1, -0.05) is 17.7 Å². The molecule has 0 saturated heterocycles. The van der Waals surface area contributed by atoms with E-state index in [1.165, 1.54) is 16.9 Å². The Morgan fingerprint density at radius 1 is 1.64 bits per heavy atom. The van der Waals surface area contributed by atoms with Gasteiger partial charge in [0.2, 0.25) is 0 Å². The number of nitrogens with zero attached hydrogens (tertiary/aromatic N) is 2. The minimum Gasteiger partial charge on any atom is -0.258 e. The van der Waals surface area contributed by atoms with Crippen LogP contribution in [0.2, 0.25) is 0 Å². The van der Waals surface area contributed by atoms with Gasteiger partial charge in [0, 0.05) is 18.0 Å². The molecule has 1 heterocycles. The predicted octanol–water partition coefficient (Wildman–Crippen LogP) is 3.14. The van der Waals surface area contributed by atoms with Crippen LogP contribution >= 0.6 is 21.6 Å². The Kier molecular flexibility index (Phi) is 4.75. The second-order valence-electron chi connectivity index (χ2n) is 2.49. The highest BCUT2D eigenvalue weighted by molar-refractivity contribution is 8.76. The van der Waals surface area contributed by atoms with Crippen molar-refractivity contribution < 1.29 is 4.92 Å². The summed E-state index contributed by atoms with van der Waals surface area (Å²) < 4.78 is 0. The third kappa shape index (κ3) is 3.19. The summed E-state index contributed by atoms with van der Waals surface area (Å²) in [6, 6.07) is 3.05. The van der Waals surface area contributed by atoms with Crippen LogP contribution in [0.25, 0.3) is 0 Å². The van der Waals surface area contributed by atoms with Crippen molar-refractivity contribution in [2.24, 2.45) is 0 Å². The van der Waals surface area contributed by atoms with Crippen molar-refractivity contribution >= 4 is 27.3 Å². The van der Waals surface area contributed by atoms with Gasteiger partial charge in [-0.15, -0.1) is 0 Å². The van der Waals surface area contributed by atoms with Crippen LogP contribution in [0.4, 0.5) is 5.69 Å². The minimum absolute atomic E-state index is 0.0844. The fraction of sp³-hybridized carbons (Fsp3) is 0.375. The zero-order valence-electron chi connectivity index (χ0n) is 7.67. The summed E-state index contributed by atoms with van der Waals surface area (Å²) in [5.74, 6) is 0.971. The molecule has 0 radical (unpaired) electrons. The second-order valence-corrected chi connectivity index (χ2v) is 4.89. The topological polar surface area (TPSA) is 56.0 Å². The zero-order chi connectivity index (χ0) is 10.4. The monoisotopic (exact) mass is 230 g/mol. The highest BCUT2D eigenvalue weighted by Gasteiger charge is 2.14. The first-order chi connectivity index (χ1) is 6.75. The summed E-state index contributed by atoms with van der Waals surface area (Å²) in [6.07, 6.45) is 2.63. The molecule has 1 aromatic heterocycles. The number of aromatic nitrogens is 1. The smallest absolute Gasteiger partial charge is 0.258 e. The standard InChI is InChI=1S/C8H10N2O2S2/c1-2-6-13-14-8-7(10(11)12)4-3-5-9-8/h3-5H,2,6H2,1H3. The molecule has 0 N–H and O–H groups in total. The molecule has 4 nitrogen and oxygen atoms in total. The summed E-state index contributed by atoms with van der Waals surface area (Å²) >= 11 is 0. The molecule has 1 rings (SSSR count). The van der Waals surface area contributed by atoms with E-state index < -0.39 is 4.92 Å². The number of hydrogen-bond acceptors (Lipinski definition) is 5. The Bertz CT molecular complexity index is 320. The summed E-state index contributed by atoms with van der Waals surface area (Å²) in [5.41, 5.74) is 0.0844. The van der Waals surface area contributed by atoms with Crippen LogP contribution in [-0.2, 0) is 0 Å². The van der Waals surface area contributed by atoms with Crippen LogP contribution in [0.15, 0.2) is 23.4 Å². The molecule has 6 heteroatoms. The van der Waals surface area contributed by atoms with Gasteiger partial charge in [-0.3, -0.25) is 10.1 Å². The number of pyridine rings is 1. The van der Waals surface area contributed by atoms with Crippen LogP contribution < -0.4 is 0 Å². The average Bonchev–Trinajstić information content (AvgIpc) is 2.19. The average molecular weight is 230 g/mol. The fourth-order valence-electron chi connectivity index (χ4n) is 0.766. The van der Waals surface area contributed by atoms with Crippen molar-refractivity contribution in [2.45, 2.75) is 18.4 Å². The van der Waals surface area contributed by atoms with E-state index in [-0.39, 0.29) is 5.69 Å². The summed E-state index contributed by atoms with van der Waals surface area (Å²) in [4.78, 5) is 14.2. The Morgan fingerprint density at radius 2 is 2.43 bits per heavy atom. The summed E-state index contributed by atoms with van der Waals surface area (Å²) in [6.45, 7) is 2.07. The first-order valence-corrected chi connectivity index (χ1v) is 6.46. The number of hydrogen-bond donors (Lipinski definition) is 0. The maximum absolute atomic E-state index is 10.6. The van der Waals surface area contributed by atoms with E-state index in [0.29, 0.717) is 5.03 Å². The first kappa shape index (κ1) is 11.3. The molecule has 0 aromatic carbocycles. The normalized spacial score (nSPS) is 10.1. The van der Waals surface area contributed by atoms with E-state index in [0.717, 1.165) is 12.2 Å². The number of nitro groups is 1. The lowest BCUT2D eigenvalue weighted by Gasteiger charge is -1.99. The van der Waals surface area contributed by atoms with E-state index in [4.69, 9.17) is 0 Å². The quantitative estimate of drug-likeness (QED) is 0.336. The minimum atomic E-state index is -0.401. The molecule has 0 aliphatic carbocycles. The van der Waals surface area contributed by atoms with Crippen molar-refractivity contribution in [3.8, 4) is 0 Å². The van der Waals surface area contributed by atoms with Gasteiger partial charge >= 0.3 is 5.69 Å². The van der Waals surface area contributed by atoms with Crippen LogP contribution in [0, 0.1) is 10.1 Å². The van der Waals surface area contributed by atoms with Gasteiger partial charge in [0.05, 0.1) is 4.92 Å². The molecule has 0 bridgehead atoms. The van der Waals surface area contributed by atoms with E-state index in [9.17, 15) is 10.1 Å². The van der Waals surface area contributed by atoms with Crippen molar-refractivity contribution in [3.63, 3.8) is 0 Å². The Balaban J connectivity index is 2.69. The Hall–Kier alpha value is -0.750. The maximum Gasteiger partial charge on any atom is 0.302 e.